The van der Waals surface area contributed by atoms with Gasteiger partial charge in [0.15, 0.2) is 11.5 Å². The molecular formula is C22H23N3O5. The van der Waals surface area contributed by atoms with Crippen molar-refractivity contribution in [2.75, 3.05) is 39.4 Å². The van der Waals surface area contributed by atoms with Gasteiger partial charge in [-0.3, -0.25) is 15.0 Å². The van der Waals surface area contributed by atoms with Crippen LogP contribution in [0.2, 0.25) is 0 Å². The lowest BCUT2D eigenvalue weighted by Gasteiger charge is -2.32. The van der Waals surface area contributed by atoms with E-state index >= 15 is 0 Å². The number of ether oxygens (including phenoxy) is 3. The Bertz CT molecular complexity index is 1060. The smallest absolute Gasteiger partial charge is 0.271 e. The molecule has 1 unspecified atom stereocenters. The highest BCUT2D eigenvalue weighted by Crippen LogP contribution is 2.49. The van der Waals surface area contributed by atoms with E-state index in [4.69, 9.17) is 14.2 Å². The number of nitro benzene ring substituents is 1. The van der Waals surface area contributed by atoms with E-state index in [9.17, 15) is 10.1 Å². The number of nitro groups is 1. The number of rotatable bonds is 4. The van der Waals surface area contributed by atoms with Crippen LogP contribution in [0.4, 0.5) is 11.4 Å². The zero-order valence-corrected chi connectivity index (χ0v) is 17.2. The fourth-order valence-electron chi connectivity index (χ4n) is 3.82. The molecule has 0 saturated carbocycles. The van der Waals surface area contributed by atoms with Crippen LogP contribution in [0.3, 0.4) is 0 Å². The summed E-state index contributed by atoms with van der Waals surface area (Å²) in [6.45, 7) is 3.33. The molecule has 0 amide bonds. The number of aryl methyl sites for hydroxylation is 1. The minimum absolute atomic E-state index is 0.0535. The van der Waals surface area contributed by atoms with E-state index in [-0.39, 0.29) is 18.5 Å². The van der Waals surface area contributed by atoms with Gasteiger partial charge in [-0.2, -0.15) is 0 Å². The van der Waals surface area contributed by atoms with Crippen molar-refractivity contribution in [3.63, 3.8) is 0 Å². The monoisotopic (exact) mass is 409 g/mol. The Kier molecular flexibility index (Phi) is 5.38. The van der Waals surface area contributed by atoms with Crippen LogP contribution in [0.25, 0.3) is 0 Å². The highest BCUT2D eigenvalue weighted by atomic mass is 16.7. The van der Waals surface area contributed by atoms with Gasteiger partial charge in [-0.05, 0) is 37.6 Å². The third-order valence-corrected chi connectivity index (χ3v) is 5.43. The first-order chi connectivity index (χ1) is 14.5. The van der Waals surface area contributed by atoms with Crippen LogP contribution in [0, 0.1) is 28.9 Å². The highest BCUT2D eigenvalue weighted by Gasteiger charge is 2.33. The van der Waals surface area contributed by atoms with Gasteiger partial charge in [-0.15, -0.1) is 0 Å². The summed E-state index contributed by atoms with van der Waals surface area (Å²) in [6.07, 6.45) is 0.877. The fourth-order valence-corrected chi connectivity index (χ4v) is 3.82. The summed E-state index contributed by atoms with van der Waals surface area (Å²) in [6, 6.07) is 6.63. The minimum Gasteiger partial charge on any atom is -0.492 e. The molecule has 1 atom stereocenters. The van der Waals surface area contributed by atoms with Crippen LogP contribution in [0.5, 0.6) is 17.2 Å². The molecule has 156 valence electrons. The molecule has 0 radical (unpaired) electrons. The summed E-state index contributed by atoms with van der Waals surface area (Å²) < 4.78 is 16.8. The highest BCUT2D eigenvalue weighted by molar-refractivity contribution is 5.63. The van der Waals surface area contributed by atoms with E-state index in [1.807, 2.05) is 20.0 Å². The summed E-state index contributed by atoms with van der Waals surface area (Å²) >= 11 is 0. The van der Waals surface area contributed by atoms with E-state index in [1.165, 1.54) is 12.1 Å². The molecule has 0 fully saturated rings. The molecule has 2 aliphatic heterocycles. The number of non-ortho nitro benzene ring substituents is 1. The second-order valence-corrected chi connectivity index (χ2v) is 7.28. The predicted octanol–water partition coefficient (Wildman–Crippen LogP) is 3.29. The van der Waals surface area contributed by atoms with Gasteiger partial charge in [0.1, 0.15) is 6.04 Å². The summed E-state index contributed by atoms with van der Waals surface area (Å²) in [5.74, 6) is 8.51. The van der Waals surface area contributed by atoms with Gasteiger partial charge < -0.3 is 19.5 Å². The van der Waals surface area contributed by atoms with Gasteiger partial charge in [0.05, 0.1) is 18.6 Å². The number of benzene rings is 2. The number of hydrogen-bond donors (Lipinski definition) is 1. The first kappa shape index (κ1) is 19.9. The van der Waals surface area contributed by atoms with Gasteiger partial charge in [0.25, 0.3) is 5.69 Å². The number of nitrogens with zero attached hydrogens (tertiary/aromatic N) is 2. The Hall–Kier alpha value is -3.44. The van der Waals surface area contributed by atoms with Crippen LogP contribution in [0.15, 0.2) is 24.3 Å². The van der Waals surface area contributed by atoms with E-state index in [1.54, 1.807) is 13.2 Å². The molecule has 4 rings (SSSR count). The maximum atomic E-state index is 11.0. The number of hydrogen-bond acceptors (Lipinski definition) is 7. The first-order valence-corrected chi connectivity index (χ1v) is 9.66. The molecule has 8 heteroatoms. The maximum absolute atomic E-state index is 11.0. The summed E-state index contributed by atoms with van der Waals surface area (Å²) in [5.41, 5.74) is 3.84. The summed E-state index contributed by atoms with van der Waals surface area (Å²) in [5, 5.41) is 14.2. The minimum atomic E-state index is -0.402. The van der Waals surface area contributed by atoms with E-state index < -0.39 is 4.92 Å². The average Bonchev–Trinajstić information content (AvgIpc) is 3.20. The molecule has 0 aliphatic carbocycles. The molecule has 0 bridgehead atoms. The van der Waals surface area contributed by atoms with Crippen LogP contribution in [-0.2, 0) is 6.42 Å². The Morgan fingerprint density at radius 1 is 1.37 bits per heavy atom. The number of fused-ring (bicyclic) bond motifs is 2. The van der Waals surface area contributed by atoms with Gasteiger partial charge in [0.2, 0.25) is 12.5 Å². The molecule has 8 nitrogen and oxygen atoms in total. The lowest BCUT2D eigenvalue weighted by Crippen LogP contribution is -2.31. The van der Waals surface area contributed by atoms with Gasteiger partial charge >= 0.3 is 0 Å². The molecule has 0 saturated heterocycles. The molecule has 0 spiro atoms. The Morgan fingerprint density at radius 2 is 2.20 bits per heavy atom. The topological polar surface area (TPSA) is 86.1 Å². The molecular weight excluding hydrogens is 386 g/mol. The van der Waals surface area contributed by atoms with Crippen LogP contribution in [-0.4, -0.2) is 43.9 Å². The van der Waals surface area contributed by atoms with Crippen LogP contribution < -0.4 is 19.5 Å². The van der Waals surface area contributed by atoms with Crippen molar-refractivity contribution in [3.05, 3.63) is 51.1 Å². The molecule has 30 heavy (non-hydrogen) atoms. The zero-order valence-electron chi connectivity index (χ0n) is 17.2. The Morgan fingerprint density at radius 3 is 2.97 bits per heavy atom. The standard InChI is InChI=1S/C22H23N3O5/c1-14-6-7-16(25(26)27)12-17(14)23-9-4-5-18-20-15(8-10-24(18)2)11-19-21(22(20)28-3)30-13-29-19/h6-7,11-12,18,23H,8-10,13H2,1-3H3. The SMILES string of the molecule is COc1c2c(cc3c1C(C#CCNc1cc([N+](=O)[O-])ccc1C)N(C)CC3)OCO2. The Balaban J connectivity index is 1.58. The number of nitrogens with one attached hydrogen (secondary N) is 1. The maximum Gasteiger partial charge on any atom is 0.271 e. The average molecular weight is 409 g/mol. The second kappa shape index (κ2) is 8.13. The van der Waals surface area contributed by atoms with Crippen molar-refractivity contribution in [2.45, 2.75) is 19.4 Å². The number of likely N-dealkylation sites (N-methyl/N-ethyl adjacent to an activating group) is 1. The van der Waals surface area contributed by atoms with Crippen molar-refractivity contribution in [2.24, 2.45) is 0 Å². The molecule has 2 aromatic carbocycles. The van der Waals surface area contributed by atoms with Crippen molar-refractivity contribution in [1.82, 2.24) is 4.90 Å². The summed E-state index contributed by atoms with van der Waals surface area (Å²) in [7, 11) is 3.66. The van der Waals surface area contributed by atoms with E-state index in [0.29, 0.717) is 29.5 Å². The van der Waals surface area contributed by atoms with E-state index in [0.717, 1.165) is 29.7 Å². The molecule has 2 aliphatic rings. The lowest BCUT2D eigenvalue weighted by molar-refractivity contribution is -0.384. The van der Waals surface area contributed by atoms with Crippen molar-refractivity contribution in [3.8, 4) is 29.1 Å². The third-order valence-electron chi connectivity index (χ3n) is 5.43. The van der Waals surface area contributed by atoms with E-state index in [2.05, 4.69) is 22.1 Å². The zero-order chi connectivity index (χ0) is 21.3. The normalized spacial score (nSPS) is 17.0. The molecule has 1 N–H and O–H groups in total. The fraction of sp³-hybridized carbons (Fsp3) is 0.364. The third kappa shape index (κ3) is 3.60. The van der Waals surface area contributed by atoms with Crippen molar-refractivity contribution >= 4 is 11.4 Å². The number of anilines is 1. The molecule has 0 aromatic heterocycles. The second-order valence-electron chi connectivity index (χ2n) is 7.28. The van der Waals surface area contributed by atoms with Gasteiger partial charge in [0, 0.05) is 29.9 Å². The van der Waals surface area contributed by atoms with Gasteiger partial charge in [-0.1, -0.05) is 17.9 Å². The van der Waals surface area contributed by atoms with Crippen molar-refractivity contribution < 1.29 is 19.1 Å². The quantitative estimate of drug-likeness (QED) is 0.471. The number of methoxy groups -OCH3 is 1. The predicted molar refractivity (Wildman–Crippen MR) is 112 cm³/mol. The molecule has 2 heterocycles. The molecule has 2 aromatic rings. The van der Waals surface area contributed by atoms with Gasteiger partial charge in [-0.25, -0.2) is 0 Å². The first-order valence-electron chi connectivity index (χ1n) is 9.66. The Labute approximate surface area is 174 Å². The van der Waals surface area contributed by atoms with Crippen molar-refractivity contribution in [1.29, 1.82) is 0 Å². The van der Waals surface area contributed by atoms with Crippen LogP contribution in [0.1, 0.15) is 22.7 Å². The largest absolute Gasteiger partial charge is 0.492 e. The van der Waals surface area contributed by atoms with Crippen LogP contribution >= 0.6 is 0 Å². The lowest BCUT2D eigenvalue weighted by atomic mass is 9.91. The summed E-state index contributed by atoms with van der Waals surface area (Å²) in [4.78, 5) is 12.8.